The minimum absolute atomic E-state index is 0.333. The summed E-state index contributed by atoms with van der Waals surface area (Å²) in [4.78, 5) is 10.6. The lowest BCUT2D eigenvalue weighted by Crippen LogP contribution is -2.21. The van der Waals surface area contributed by atoms with Crippen molar-refractivity contribution in [1.82, 2.24) is 9.97 Å². The highest BCUT2D eigenvalue weighted by molar-refractivity contribution is 5.50. The standard InChI is InChI=1S/C13H19N5/c1-10-15-12(17-11-5-3-4-6-11)9-13(16-10)18(2)8-7-14/h9,11H,3-6,8H2,1-2H3,(H,15,16,17). The maximum atomic E-state index is 8.72. The van der Waals surface area contributed by atoms with Crippen LogP contribution < -0.4 is 10.2 Å². The number of rotatable bonds is 4. The Labute approximate surface area is 108 Å². The Morgan fingerprint density at radius 2 is 2.17 bits per heavy atom. The van der Waals surface area contributed by atoms with Crippen molar-refractivity contribution in [3.05, 3.63) is 11.9 Å². The van der Waals surface area contributed by atoms with Crippen LogP contribution in [0.25, 0.3) is 0 Å². The van der Waals surface area contributed by atoms with Gasteiger partial charge in [0.25, 0.3) is 0 Å². The van der Waals surface area contributed by atoms with Gasteiger partial charge in [0.2, 0.25) is 0 Å². The summed E-state index contributed by atoms with van der Waals surface area (Å²) >= 11 is 0. The van der Waals surface area contributed by atoms with Gasteiger partial charge < -0.3 is 10.2 Å². The van der Waals surface area contributed by atoms with E-state index < -0.39 is 0 Å². The molecule has 1 aromatic rings. The molecule has 0 amide bonds. The molecule has 18 heavy (non-hydrogen) atoms. The van der Waals surface area contributed by atoms with Crippen LogP contribution in [0.4, 0.5) is 11.6 Å². The largest absolute Gasteiger partial charge is 0.367 e. The van der Waals surface area contributed by atoms with Crippen LogP contribution in [-0.2, 0) is 0 Å². The van der Waals surface area contributed by atoms with Crippen molar-refractivity contribution < 1.29 is 0 Å². The molecule has 96 valence electrons. The van der Waals surface area contributed by atoms with Gasteiger partial charge in [0, 0.05) is 19.2 Å². The quantitative estimate of drug-likeness (QED) is 0.823. The van der Waals surface area contributed by atoms with Crippen molar-refractivity contribution in [3.8, 4) is 6.07 Å². The molecule has 0 saturated heterocycles. The average Bonchev–Trinajstić information content (AvgIpc) is 2.81. The number of nitrogens with one attached hydrogen (secondary N) is 1. The highest BCUT2D eigenvalue weighted by Crippen LogP contribution is 2.23. The average molecular weight is 245 g/mol. The zero-order valence-electron chi connectivity index (χ0n) is 11.0. The Balaban J connectivity index is 2.12. The molecule has 0 spiro atoms. The van der Waals surface area contributed by atoms with Gasteiger partial charge in [0.1, 0.15) is 24.0 Å². The van der Waals surface area contributed by atoms with E-state index in [2.05, 4.69) is 21.4 Å². The fourth-order valence-electron chi connectivity index (χ4n) is 2.29. The predicted octanol–water partition coefficient (Wildman–Crippen LogP) is 2.10. The Kier molecular flexibility index (Phi) is 3.98. The summed E-state index contributed by atoms with van der Waals surface area (Å²) in [5.41, 5.74) is 0. The van der Waals surface area contributed by atoms with Crippen LogP contribution in [0.3, 0.4) is 0 Å². The minimum atomic E-state index is 0.333. The lowest BCUT2D eigenvalue weighted by molar-refractivity contribution is 0.748. The molecule has 1 aliphatic rings. The van der Waals surface area contributed by atoms with Crippen molar-refractivity contribution in [1.29, 1.82) is 5.26 Å². The second-order valence-electron chi connectivity index (χ2n) is 4.80. The lowest BCUT2D eigenvalue weighted by atomic mass is 10.2. The summed E-state index contributed by atoms with van der Waals surface area (Å²) in [5, 5.41) is 12.2. The van der Waals surface area contributed by atoms with Crippen LogP contribution in [0, 0.1) is 18.3 Å². The molecule has 0 atom stereocenters. The molecule has 5 heteroatoms. The summed E-state index contributed by atoms with van der Waals surface area (Å²) in [6, 6.07) is 4.58. The Morgan fingerprint density at radius 1 is 1.44 bits per heavy atom. The van der Waals surface area contributed by atoms with E-state index in [1.54, 1.807) is 0 Å². The third kappa shape index (κ3) is 3.10. The van der Waals surface area contributed by atoms with E-state index in [9.17, 15) is 0 Å². The highest BCUT2D eigenvalue weighted by Gasteiger charge is 2.16. The number of hydrogen-bond acceptors (Lipinski definition) is 5. The Morgan fingerprint density at radius 3 is 2.83 bits per heavy atom. The second kappa shape index (κ2) is 5.67. The summed E-state index contributed by atoms with van der Waals surface area (Å²) in [6.45, 7) is 2.21. The van der Waals surface area contributed by atoms with Gasteiger partial charge in [-0.05, 0) is 19.8 Å². The molecule has 0 bridgehead atoms. The van der Waals surface area contributed by atoms with Crippen LogP contribution in [0.15, 0.2) is 6.07 Å². The molecular formula is C13H19N5. The van der Waals surface area contributed by atoms with Crippen LogP contribution in [0.1, 0.15) is 31.5 Å². The SMILES string of the molecule is Cc1nc(NC2CCCC2)cc(N(C)CC#N)n1. The molecule has 0 aromatic carbocycles. The smallest absolute Gasteiger partial charge is 0.134 e. The molecular weight excluding hydrogens is 226 g/mol. The third-order valence-electron chi connectivity index (χ3n) is 3.23. The maximum Gasteiger partial charge on any atom is 0.134 e. The van der Waals surface area contributed by atoms with Crippen molar-refractivity contribution >= 4 is 11.6 Å². The number of anilines is 2. The topological polar surface area (TPSA) is 64.8 Å². The molecule has 0 unspecified atom stereocenters. The highest BCUT2D eigenvalue weighted by atomic mass is 15.2. The maximum absolute atomic E-state index is 8.72. The molecule has 1 aromatic heterocycles. The number of aromatic nitrogens is 2. The summed E-state index contributed by atoms with van der Waals surface area (Å²) in [6.07, 6.45) is 5.02. The first-order valence-corrected chi connectivity index (χ1v) is 6.39. The Bertz CT molecular complexity index is 445. The molecule has 0 aliphatic heterocycles. The summed E-state index contributed by atoms with van der Waals surface area (Å²) < 4.78 is 0. The van der Waals surface area contributed by atoms with Crippen LogP contribution in [0.5, 0.6) is 0 Å². The van der Waals surface area contributed by atoms with Gasteiger partial charge in [-0.3, -0.25) is 0 Å². The Hall–Kier alpha value is -1.83. The predicted molar refractivity (Wildman–Crippen MR) is 71.5 cm³/mol. The van der Waals surface area contributed by atoms with E-state index >= 15 is 0 Å². The summed E-state index contributed by atoms with van der Waals surface area (Å²) in [7, 11) is 1.87. The van der Waals surface area contributed by atoms with Crippen molar-refractivity contribution in [2.24, 2.45) is 0 Å². The summed E-state index contributed by atoms with van der Waals surface area (Å²) in [5.74, 6) is 2.40. The fraction of sp³-hybridized carbons (Fsp3) is 0.615. The molecule has 1 fully saturated rings. The van der Waals surface area contributed by atoms with E-state index in [0.717, 1.165) is 17.5 Å². The molecule has 1 N–H and O–H groups in total. The van der Waals surface area contributed by atoms with Crippen molar-refractivity contribution in [3.63, 3.8) is 0 Å². The minimum Gasteiger partial charge on any atom is -0.367 e. The number of hydrogen-bond donors (Lipinski definition) is 1. The third-order valence-corrected chi connectivity index (χ3v) is 3.23. The molecule has 2 rings (SSSR count). The number of aryl methyl sites for hydroxylation is 1. The molecule has 5 nitrogen and oxygen atoms in total. The van der Waals surface area contributed by atoms with E-state index in [1.165, 1.54) is 25.7 Å². The molecule has 1 heterocycles. The van der Waals surface area contributed by atoms with Gasteiger partial charge in [0.15, 0.2) is 0 Å². The van der Waals surface area contributed by atoms with Gasteiger partial charge in [-0.2, -0.15) is 5.26 Å². The van der Waals surface area contributed by atoms with Crippen molar-refractivity contribution in [2.75, 3.05) is 23.8 Å². The van der Waals surface area contributed by atoms with Gasteiger partial charge >= 0.3 is 0 Å². The van der Waals surface area contributed by atoms with E-state index in [0.29, 0.717) is 12.6 Å². The van der Waals surface area contributed by atoms with E-state index in [-0.39, 0.29) is 0 Å². The van der Waals surface area contributed by atoms with Crippen molar-refractivity contribution in [2.45, 2.75) is 38.6 Å². The number of nitriles is 1. The van der Waals surface area contributed by atoms with Crippen LogP contribution in [0.2, 0.25) is 0 Å². The van der Waals surface area contributed by atoms with Crippen LogP contribution in [-0.4, -0.2) is 29.6 Å². The number of nitrogens with zero attached hydrogens (tertiary/aromatic N) is 4. The monoisotopic (exact) mass is 245 g/mol. The first-order valence-electron chi connectivity index (χ1n) is 6.39. The van der Waals surface area contributed by atoms with E-state index in [4.69, 9.17) is 5.26 Å². The molecule has 1 aliphatic carbocycles. The molecule has 0 radical (unpaired) electrons. The van der Waals surface area contributed by atoms with Gasteiger partial charge in [0.05, 0.1) is 6.07 Å². The zero-order valence-corrected chi connectivity index (χ0v) is 11.0. The first-order chi connectivity index (χ1) is 8.69. The zero-order chi connectivity index (χ0) is 13.0. The van der Waals surface area contributed by atoms with E-state index in [1.807, 2.05) is 24.9 Å². The second-order valence-corrected chi connectivity index (χ2v) is 4.80. The lowest BCUT2D eigenvalue weighted by Gasteiger charge is -2.18. The molecule has 1 saturated carbocycles. The van der Waals surface area contributed by atoms with Gasteiger partial charge in [-0.25, -0.2) is 9.97 Å². The normalized spacial score (nSPS) is 15.4. The van der Waals surface area contributed by atoms with Gasteiger partial charge in [-0.15, -0.1) is 0 Å². The first kappa shape index (κ1) is 12.6. The van der Waals surface area contributed by atoms with Gasteiger partial charge in [-0.1, -0.05) is 12.8 Å². The van der Waals surface area contributed by atoms with Crippen LogP contribution >= 0.6 is 0 Å². The fourth-order valence-corrected chi connectivity index (χ4v) is 2.29.